The van der Waals surface area contributed by atoms with Gasteiger partial charge in [0, 0.05) is 18.2 Å². The van der Waals surface area contributed by atoms with Gasteiger partial charge < -0.3 is 5.32 Å². The first-order chi connectivity index (χ1) is 10.3. The number of nitro groups is 1. The number of hydrogen-bond donors (Lipinski definition) is 2. The predicted octanol–water partition coefficient (Wildman–Crippen LogP) is 1.99. The van der Waals surface area contributed by atoms with Crippen LogP contribution in [0.5, 0.6) is 0 Å². The molecule has 0 atom stereocenters. The molecule has 0 amide bonds. The highest BCUT2D eigenvalue weighted by Crippen LogP contribution is 2.29. The molecular weight excluding hydrogens is 342 g/mol. The van der Waals surface area contributed by atoms with Gasteiger partial charge in [0.25, 0.3) is 5.69 Å². The van der Waals surface area contributed by atoms with Crippen LogP contribution in [-0.4, -0.2) is 33.0 Å². The molecule has 7 nitrogen and oxygen atoms in total. The van der Waals surface area contributed by atoms with Crippen LogP contribution in [-0.2, 0) is 10.0 Å². The third-order valence-corrected chi connectivity index (χ3v) is 5.79. The predicted molar refractivity (Wildman–Crippen MR) is 90.5 cm³/mol. The Balaban J connectivity index is 0.00000264. The van der Waals surface area contributed by atoms with Crippen molar-refractivity contribution in [1.29, 1.82) is 0 Å². The van der Waals surface area contributed by atoms with Crippen LogP contribution in [0.25, 0.3) is 0 Å². The van der Waals surface area contributed by atoms with Crippen molar-refractivity contribution in [2.75, 3.05) is 19.6 Å². The third-order valence-electron chi connectivity index (χ3n) is 4.24. The van der Waals surface area contributed by atoms with Crippen molar-refractivity contribution in [3.8, 4) is 0 Å². The number of halogens is 1. The zero-order valence-corrected chi connectivity index (χ0v) is 14.8. The van der Waals surface area contributed by atoms with E-state index in [0.717, 1.165) is 25.9 Å². The molecule has 2 rings (SSSR count). The number of sulfonamides is 1. The molecule has 0 aliphatic carbocycles. The quantitative estimate of drug-likeness (QED) is 0.615. The van der Waals surface area contributed by atoms with Gasteiger partial charge in [-0.05, 0) is 44.3 Å². The van der Waals surface area contributed by atoms with E-state index in [9.17, 15) is 18.5 Å². The van der Waals surface area contributed by atoms with Gasteiger partial charge in [0.15, 0.2) is 0 Å². The summed E-state index contributed by atoms with van der Waals surface area (Å²) in [5, 5.41) is 14.2. The van der Waals surface area contributed by atoms with E-state index in [0.29, 0.717) is 6.54 Å². The van der Waals surface area contributed by atoms with Gasteiger partial charge in [-0.3, -0.25) is 10.1 Å². The van der Waals surface area contributed by atoms with Gasteiger partial charge in [-0.2, -0.15) is 0 Å². The van der Waals surface area contributed by atoms with Crippen molar-refractivity contribution in [3.63, 3.8) is 0 Å². The molecule has 0 bridgehead atoms. The van der Waals surface area contributed by atoms with Crippen LogP contribution in [0.15, 0.2) is 23.1 Å². The molecule has 1 aromatic carbocycles. The molecule has 0 radical (unpaired) electrons. The molecule has 1 heterocycles. The van der Waals surface area contributed by atoms with Crippen molar-refractivity contribution in [1.82, 2.24) is 10.0 Å². The number of nitrogens with zero attached hydrogens (tertiary/aromatic N) is 1. The highest BCUT2D eigenvalue weighted by atomic mass is 35.5. The minimum Gasteiger partial charge on any atom is -0.317 e. The monoisotopic (exact) mass is 363 g/mol. The molecule has 1 saturated heterocycles. The van der Waals surface area contributed by atoms with Crippen LogP contribution in [0.1, 0.15) is 25.3 Å². The molecule has 1 aliphatic heterocycles. The Morgan fingerprint density at radius 1 is 1.35 bits per heavy atom. The molecule has 1 aromatic rings. The standard InChI is InChI=1S/C14H21N3O4S.ClH/c1-11-12(17(18)19)4-3-5-13(11)22(20,21)16-10-14(2)6-8-15-9-7-14;/h3-5,15-16H,6-10H2,1-2H3;1H. The zero-order valence-electron chi connectivity index (χ0n) is 13.2. The second-order valence-electron chi connectivity index (χ2n) is 6.04. The first-order valence-electron chi connectivity index (χ1n) is 7.20. The van der Waals surface area contributed by atoms with E-state index in [1.165, 1.54) is 25.1 Å². The Morgan fingerprint density at radius 3 is 2.52 bits per heavy atom. The lowest BCUT2D eigenvalue weighted by Crippen LogP contribution is -2.42. The van der Waals surface area contributed by atoms with Crippen LogP contribution in [0.3, 0.4) is 0 Å². The van der Waals surface area contributed by atoms with Crippen LogP contribution in [0.4, 0.5) is 5.69 Å². The number of nitro benzene ring substituents is 1. The van der Waals surface area contributed by atoms with Crippen molar-refractivity contribution < 1.29 is 13.3 Å². The van der Waals surface area contributed by atoms with Gasteiger partial charge in [-0.15, -0.1) is 12.4 Å². The van der Waals surface area contributed by atoms with Crippen molar-refractivity contribution in [2.45, 2.75) is 31.6 Å². The molecule has 0 saturated carbocycles. The van der Waals surface area contributed by atoms with Gasteiger partial charge in [-0.25, -0.2) is 13.1 Å². The summed E-state index contributed by atoms with van der Waals surface area (Å²) in [4.78, 5) is 10.3. The van der Waals surface area contributed by atoms with Crippen molar-refractivity contribution in [3.05, 3.63) is 33.9 Å². The molecule has 0 spiro atoms. The Morgan fingerprint density at radius 2 is 1.96 bits per heavy atom. The second kappa shape index (κ2) is 7.57. The Bertz CT molecular complexity index is 673. The summed E-state index contributed by atoms with van der Waals surface area (Å²) >= 11 is 0. The van der Waals surface area contributed by atoms with Gasteiger partial charge in [0.1, 0.15) is 0 Å². The Hall–Kier alpha value is -1.22. The van der Waals surface area contributed by atoms with Gasteiger partial charge in [0.05, 0.1) is 9.82 Å². The van der Waals surface area contributed by atoms with Crippen molar-refractivity contribution in [2.24, 2.45) is 5.41 Å². The minimum atomic E-state index is -3.76. The smallest absolute Gasteiger partial charge is 0.273 e. The van der Waals surface area contributed by atoms with Crippen LogP contribution in [0.2, 0.25) is 0 Å². The topological polar surface area (TPSA) is 101 Å². The fourth-order valence-corrected chi connectivity index (χ4v) is 4.11. The maximum Gasteiger partial charge on any atom is 0.273 e. The number of hydrogen-bond acceptors (Lipinski definition) is 5. The summed E-state index contributed by atoms with van der Waals surface area (Å²) < 4.78 is 27.5. The van der Waals surface area contributed by atoms with Crippen molar-refractivity contribution >= 4 is 28.1 Å². The molecule has 0 unspecified atom stereocenters. The second-order valence-corrected chi connectivity index (χ2v) is 7.78. The fraction of sp³-hybridized carbons (Fsp3) is 0.571. The summed E-state index contributed by atoms with van der Waals surface area (Å²) in [6.45, 7) is 5.58. The highest BCUT2D eigenvalue weighted by molar-refractivity contribution is 7.89. The summed E-state index contributed by atoms with van der Waals surface area (Å²) in [6.07, 6.45) is 1.78. The van der Waals surface area contributed by atoms with E-state index in [1.807, 2.05) is 0 Å². The first-order valence-corrected chi connectivity index (χ1v) is 8.68. The Labute approximate surface area is 142 Å². The lowest BCUT2D eigenvalue weighted by Gasteiger charge is -2.34. The van der Waals surface area contributed by atoms with Crippen LogP contribution < -0.4 is 10.0 Å². The average Bonchev–Trinajstić information content (AvgIpc) is 2.46. The van der Waals surface area contributed by atoms with E-state index >= 15 is 0 Å². The molecule has 0 aromatic heterocycles. The number of rotatable bonds is 5. The first kappa shape index (κ1) is 19.8. The van der Waals surface area contributed by atoms with E-state index in [4.69, 9.17) is 0 Å². The maximum absolute atomic E-state index is 12.5. The summed E-state index contributed by atoms with van der Waals surface area (Å²) in [5.41, 5.74) is -0.112. The number of nitrogens with one attached hydrogen (secondary N) is 2. The third kappa shape index (κ3) is 4.63. The normalized spacial score (nSPS) is 17.3. The van der Waals surface area contributed by atoms with Crippen LogP contribution in [0, 0.1) is 22.5 Å². The molecule has 1 fully saturated rings. The molecular formula is C14H22ClN3O4S. The van der Waals surface area contributed by atoms with Gasteiger partial charge in [0.2, 0.25) is 10.0 Å². The lowest BCUT2D eigenvalue weighted by molar-refractivity contribution is -0.385. The van der Waals surface area contributed by atoms with Crippen LogP contribution >= 0.6 is 12.4 Å². The SMILES string of the molecule is Cc1c([N+](=O)[O-])cccc1S(=O)(=O)NCC1(C)CCNCC1.Cl. The molecule has 130 valence electrons. The number of piperidine rings is 1. The van der Waals surface area contributed by atoms with E-state index in [2.05, 4.69) is 17.0 Å². The van der Waals surface area contributed by atoms with Gasteiger partial charge in [-0.1, -0.05) is 13.0 Å². The number of benzene rings is 1. The summed E-state index contributed by atoms with van der Waals surface area (Å²) in [5.74, 6) is 0. The molecule has 2 N–H and O–H groups in total. The maximum atomic E-state index is 12.5. The highest BCUT2D eigenvalue weighted by Gasteiger charge is 2.30. The van der Waals surface area contributed by atoms with Gasteiger partial charge >= 0.3 is 0 Å². The molecule has 9 heteroatoms. The summed E-state index contributed by atoms with van der Waals surface area (Å²) in [7, 11) is -3.76. The Kier molecular flexibility index (Phi) is 6.52. The average molecular weight is 364 g/mol. The largest absolute Gasteiger partial charge is 0.317 e. The molecule has 1 aliphatic rings. The fourth-order valence-electron chi connectivity index (χ4n) is 2.65. The minimum absolute atomic E-state index is 0. The summed E-state index contributed by atoms with van der Waals surface area (Å²) in [6, 6.07) is 4.10. The van der Waals surface area contributed by atoms with E-state index < -0.39 is 14.9 Å². The zero-order chi connectivity index (χ0) is 16.4. The van der Waals surface area contributed by atoms with E-state index in [1.54, 1.807) is 0 Å². The lowest BCUT2D eigenvalue weighted by atomic mass is 9.81. The molecule has 23 heavy (non-hydrogen) atoms. The van der Waals surface area contributed by atoms with E-state index in [-0.39, 0.29) is 34.0 Å².